The lowest BCUT2D eigenvalue weighted by molar-refractivity contribution is -0.140. The molecule has 1 fully saturated rings. The maximum atomic E-state index is 13.4. The van der Waals surface area contributed by atoms with Crippen molar-refractivity contribution >= 4 is 30.0 Å². The Balaban J connectivity index is 0.00000264. The van der Waals surface area contributed by atoms with Gasteiger partial charge in [-0.3, -0.25) is 14.5 Å². The predicted molar refractivity (Wildman–Crippen MR) is 88.5 cm³/mol. The van der Waals surface area contributed by atoms with E-state index in [1.807, 2.05) is 6.92 Å². The molecule has 0 aliphatic carbocycles. The molecule has 1 atom stereocenters. The molecule has 1 amide bonds. The van der Waals surface area contributed by atoms with Crippen molar-refractivity contribution in [3.63, 3.8) is 0 Å². The minimum atomic E-state index is -0.941. The fourth-order valence-electron chi connectivity index (χ4n) is 2.90. The number of carboxylic acids is 1. The number of hydrogen-bond acceptors (Lipinski definition) is 3. The summed E-state index contributed by atoms with van der Waals surface area (Å²) in [5, 5.41) is 9.03. The Morgan fingerprint density at radius 3 is 2.83 bits per heavy atom. The molecule has 0 spiro atoms. The van der Waals surface area contributed by atoms with Crippen LogP contribution in [-0.4, -0.2) is 47.6 Å². The predicted octanol–water partition coefficient (Wildman–Crippen LogP) is 2.54. The molecular weight excluding hydrogens is 323 g/mol. The number of carbonyl (C=O) groups excluding carboxylic acids is 1. The minimum Gasteiger partial charge on any atom is -0.480 e. The van der Waals surface area contributed by atoms with E-state index in [9.17, 15) is 14.0 Å². The van der Waals surface area contributed by atoms with Crippen LogP contribution in [0.5, 0.6) is 0 Å². The largest absolute Gasteiger partial charge is 0.480 e. The van der Waals surface area contributed by atoms with Crippen LogP contribution < -0.4 is 4.90 Å². The molecule has 23 heavy (non-hydrogen) atoms. The third kappa shape index (κ3) is 4.91. The first-order chi connectivity index (χ1) is 10.5. The average Bonchev–Trinajstić information content (AvgIpc) is 2.46. The van der Waals surface area contributed by atoms with Crippen molar-refractivity contribution in [1.82, 2.24) is 4.90 Å². The van der Waals surface area contributed by atoms with Gasteiger partial charge in [-0.25, -0.2) is 4.39 Å². The Kier molecular flexibility index (Phi) is 7.45. The highest BCUT2D eigenvalue weighted by molar-refractivity contribution is 5.98. The second kappa shape index (κ2) is 8.84. The van der Waals surface area contributed by atoms with Crippen LogP contribution in [0.4, 0.5) is 10.1 Å². The van der Waals surface area contributed by atoms with E-state index < -0.39 is 12.0 Å². The van der Waals surface area contributed by atoms with Gasteiger partial charge < -0.3 is 10.0 Å². The van der Waals surface area contributed by atoms with Crippen LogP contribution >= 0.6 is 12.4 Å². The second-order valence-corrected chi connectivity index (χ2v) is 5.49. The first kappa shape index (κ1) is 19.4. The normalized spacial score (nSPS) is 18.0. The Morgan fingerprint density at radius 2 is 2.22 bits per heavy atom. The van der Waals surface area contributed by atoms with E-state index in [1.54, 1.807) is 21.9 Å². The van der Waals surface area contributed by atoms with Crippen LogP contribution in [0, 0.1) is 5.82 Å². The van der Waals surface area contributed by atoms with Crippen molar-refractivity contribution < 1.29 is 19.1 Å². The number of aliphatic carboxylic acids is 1. The van der Waals surface area contributed by atoms with Crippen LogP contribution in [-0.2, 0) is 9.59 Å². The number of rotatable bonds is 6. The molecule has 5 nitrogen and oxygen atoms in total. The van der Waals surface area contributed by atoms with Crippen molar-refractivity contribution in [2.24, 2.45) is 0 Å². The van der Waals surface area contributed by atoms with Gasteiger partial charge in [-0.15, -0.1) is 12.4 Å². The highest BCUT2D eigenvalue weighted by Crippen LogP contribution is 2.24. The highest BCUT2D eigenvalue weighted by atomic mass is 35.5. The summed E-state index contributed by atoms with van der Waals surface area (Å²) in [6.45, 7) is 2.89. The van der Waals surface area contributed by atoms with Gasteiger partial charge in [0.05, 0.1) is 12.6 Å². The van der Waals surface area contributed by atoms with Gasteiger partial charge in [0, 0.05) is 12.2 Å². The monoisotopic (exact) mass is 344 g/mol. The Hall–Kier alpha value is -1.66. The van der Waals surface area contributed by atoms with Crippen molar-refractivity contribution in [1.29, 1.82) is 0 Å². The summed E-state index contributed by atoms with van der Waals surface area (Å²) in [6, 6.07) is 5.49. The van der Waals surface area contributed by atoms with Gasteiger partial charge in [0.25, 0.3) is 0 Å². The lowest BCUT2D eigenvalue weighted by Crippen LogP contribution is -2.54. The third-order valence-corrected chi connectivity index (χ3v) is 3.82. The number of halogens is 2. The Morgan fingerprint density at radius 1 is 1.48 bits per heavy atom. The second-order valence-electron chi connectivity index (χ2n) is 5.49. The molecule has 7 heteroatoms. The molecule has 1 aromatic carbocycles. The van der Waals surface area contributed by atoms with E-state index in [-0.39, 0.29) is 30.7 Å². The first-order valence-corrected chi connectivity index (χ1v) is 7.55. The summed E-state index contributed by atoms with van der Waals surface area (Å²) in [7, 11) is 0. The molecule has 1 heterocycles. The summed E-state index contributed by atoms with van der Waals surface area (Å²) in [6.07, 6.45) is 2.18. The molecule has 1 aliphatic rings. The molecule has 0 bridgehead atoms. The SMILES string of the molecule is CCCN(CC(=O)O)C1CCCN(c2cccc(F)c2)C1=O.Cl. The van der Waals surface area contributed by atoms with Gasteiger partial charge in [-0.2, -0.15) is 0 Å². The molecule has 1 N–H and O–H groups in total. The van der Waals surface area contributed by atoms with Crippen molar-refractivity contribution in [3.05, 3.63) is 30.1 Å². The maximum absolute atomic E-state index is 13.4. The lowest BCUT2D eigenvalue weighted by Gasteiger charge is -2.37. The molecule has 1 unspecified atom stereocenters. The molecule has 0 aromatic heterocycles. The Labute approximate surface area is 141 Å². The fourth-order valence-corrected chi connectivity index (χ4v) is 2.90. The van der Waals surface area contributed by atoms with E-state index in [1.165, 1.54) is 12.1 Å². The Bertz CT molecular complexity index is 556. The third-order valence-electron chi connectivity index (χ3n) is 3.82. The van der Waals surface area contributed by atoms with E-state index >= 15 is 0 Å². The number of nitrogens with zero attached hydrogens (tertiary/aromatic N) is 2. The van der Waals surface area contributed by atoms with Crippen molar-refractivity contribution in [3.8, 4) is 0 Å². The van der Waals surface area contributed by atoms with E-state index in [0.717, 1.165) is 12.8 Å². The zero-order valence-corrected chi connectivity index (χ0v) is 13.9. The summed E-state index contributed by atoms with van der Waals surface area (Å²) < 4.78 is 13.4. The molecular formula is C16H22ClFN2O3. The highest BCUT2D eigenvalue weighted by Gasteiger charge is 2.34. The van der Waals surface area contributed by atoms with E-state index in [0.29, 0.717) is 25.2 Å². The lowest BCUT2D eigenvalue weighted by atomic mass is 10.0. The molecule has 1 aliphatic heterocycles. The van der Waals surface area contributed by atoms with Crippen molar-refractivity contribution in [2.45, 2.75) is 32.2 Å². The minimum absolute atomic E-state index is 0. The van der Waals surface area contributed by atoms with Crippen LogP contribution in [0.1, 0.15) is 26.2 Å². The van der Waals surface area contributed by atoms with Crippen LogP contribution in [0.15, 0.2) is 24.3 Å². The van der Waals surface area contributed by atoms with Gasteiger partial charge >= 0.3 is 5.97 Å². The van der Waals surface area contributed by atoms with E-state index in [2.05, 4.69) is 0 Å². The smallest absolute Gasteiger partial charge is 0.317 e. The first-order valence-electron chi connectivity index (χ1n) is 7.55. The van der Waals surface area contributed by atoms with E-state index in [4.69, 9.17) is 5.11 Å². The molecule has 128 valence electrons. The van der Waals surface area contributed by atoms with Gasteiger partial charge in [0.15, 0.2) is 0 Å². The molecule has 2 rings (SSSR count). The number of amides is 1. The topological polar surface area (TPSA) is 60.9 Å². The van der Waals surface area contributed by atoms with Gasteiger partial charge in [-0.1, -0.05) is 13.0 Å². The van der Waals surface area contributed by atoms with Gasteiger partial charge in [0.2, 0.25) is 5.91 Å². The number of carboxylic acid groups (broad SMARTS) is 1. The summed E-state index contributed by atoms with van der Waals surface area (Å²) in [4.78, 5) is 27.0. The van der Waals surface area contributed by atoms with Crippen LogP contribution in [0.25, 0.3) is 0 Å². The van der Waals surface area contributed by atoms with Crippen LogP contribution in [0.3, 0.4) is 0 Å². The summed E-state index contributed by atoms with van der Waals surface area (Å²) in [5.41, 5.74) is 0.529. The maximum Gasteiger partial charge on any atom is 0.317 e. The number of carbonyl (C=O) groups is 2. The quantitative estimate of drug-likeness (QED) is 0.861. The van der Waals surface area contributed by atoms with Gasteiger partial charge in [0.1, 0.15) is 5.82 Å². The average molecular weight is 345 g/mol. The summed E-state index contributed by atoms with van der Waals surface area (Å²) in [5.74, 6) is -1.47. The van der Waals surface area contributed by atoms with Gasteiger partial charge in [-0.05, 0) is 44.0 Å². The molecule has 0 radical (unpaired) electrons. The number of benzene rings is 1. The standard InChI is InChI=1S/C16H21FN2O3.ClH/c1-2-8-18(11-15(20)21)14-7-4-9-19(16(14)22)13-6-3-5-12(17)10-13;/h3,5-6,10,14H,2,4,7-9,11H2,1H3,(H,20,21);1H. The van der Waals surface area contributed by atoms with Crippen LogP contribution in [0.2, 0.25) is 0 Å². The zero-order valence-electron chi connectivity index (χ0n) is 13.1. The fraction of sp³-hybridized carbons (Fsp3) is 0.500. The van der Waals surface area contributed by atoms with Crippen molar-refractivity contribution in [2.75, 3.05) is 24.5 Å². The number of piperidine rings is 1. The molecule has 1 saturated heterocycles. The molecule has 1 aromatic rings. The number of hydrogen-bond donors (Lipinski definition) is 1. The number of anilines is 1. The molecule has 0 saturated carbocycles. The summed E-state index contributed by atoms with van der Waals surface area (Å²) >= 11 is 0. The zero-order chi connectivity index (χ0) is 16.1.